The van der Waals surface area contributed by atoms with Crippen molar-refractivity contribution in [3.63, 3.8) is 0 Å². The molecule has 1 atom stereocenters. The molecule has 0 aliphatic carbocycles. The lowest BCUT2D eigenvalue weighted by Crippen LogP contribution is -2.53. The van der Waals surface area contributed by atoms with Crippen LogP contribution in [-0.4, -0.2) is 54.5 Å². The van der Waals surface area contributed by atoms with Gasteiger partial charge < -0.3 is 4.90 Å². The summed E-state index contributed by atoms with van der Waals surface area (Å²) in [6, 6.07) is 0.401. The van der Waals surface area contributed by atoms with Crippen LogP contribution in [0.2, 0.25) is 0 Å². The third-order valence-corrected chi connectivity index (χ3v) is 3.90. The van der Waals surface area contributed by atoms with Crippen LogP contribution in [0.25, 0.3) is 0 Å². The Morgan fingerprint density at radius 1 is 1.47 bits per heavy atom. The number of likely N-dealkylation sites (tertiary alicyclic amines) is 1. The number of carbonyl (C=O) groups is 1. The second kappa shape index (κ2) is 6.93. The molecule has 1 aliphatic rings. The van der Waals surface area contributed by atoms with E-state index in [0.29, 0.717) is 6.04 Å². The molecule has 1 rings (SSSR count). The van der Waals surface area contributed by atoms with Crippen LogP contribution in [0.3, 0.4) is 0 Å². The minimum absolute atomic E-state index is 0.0760. The van der Waals surface area contributed by atoms with Gasteiger partial charge in [-0.1, -0.05) is 13.8 Å². The van der Waals surface area contributed by atoms with Gasteiger partial charge in [-0.3, -0.25) is 15.1 Å². The molecule has 1 amide bonds. The summed E-state index contributed by atoms with van der Waals surface area (Å²) in [5.74, 6) is 5.15. The first-order chi connectivity index (χ1) is 8.13. The number of nitrogens with zero attached hydrogens (tertiary/aromatic N) is 2. The topological polar surface area (TPSA) is 61.6 Å². The van der Waals surface area contributed by atoms with Gasteiger partial charge in [-0.2, -0.15) is 0 Å². The summed E-state index contributed by atoms with van der Waals surface area (Å²) in [5, 5.41) is 0. The van der Waals surface area contributed by atoms with Gasteiger partial charge in [0.05, 0.1) is 6.04 Å². The molecule has 1 aliphatic heterocycles. The van der Waals surface area contributed by atoms with Crippen LogP contribution in [0.1, 0.15) is 33.1 Å². The fourth-order valence-electron chi connectivity index (χ4n) is 2.65. The van der Waals surface area contributed by atoms with E-state index in [0.717, 1.165) is 38.9 Å². The lowest BCUT2D eigenvalue weighted by molar-refractivity contribution is -0.127. The number of nitrogens with one attached hydrogen (secondary N) is 1. The fraction of sp³-hybridized carbons (Fsp3) is 0.917. The molecule has 1 saturated heterocycles. The number of rotatable bonds is 5. The Balaban J connectivity index is 2.51. The number of piperidine rings is 1. The van der Waals surface area contributed by atoms with Gasteiger partial charge in [-0.25, -0.2) is 5.84 Å². The number of nitrogens with two attached hydrogens (primary N) is 1. The van der Waals surface area contributed by atoms with Gasteiger partial charge in [0, 0.05) is 6.04 Å². The van der Waals surface area contributed by atoms with Crippen molar-refractivity contribution in [1.29, 1.82) is 0 Å². The standard InChI is InChI=1S/C12H26N4O/c1-4-11(12(17)14-13)15(3)10-6-8-16(5-2)9-7-10/h10-11H,4-9,13H2,1-3H3,(H,14,17). The van der Waals surface area contributed by atoms with E-state index in [-0.39, 0.29) is 11.9 Å². The normalized spacial score (nSPS) is 20.5. The maximum Gasteiger partial charge on any atom is 0.251 e. The van der Waals surface area contributed by atoms with Crippen molar-refractivity contribution in [1.82, 2.24) is 15.2 Å². The highest BCUT2D eigenvalue weighted by atomic mass is 16.2. The highest BCUT2D eigenvalue weighted by Gasteiger charge is 2.29. The minimum Gasteiger partial charge on any atom is -0.303 e. The van der Waals surface area contributed by atoms with Gasteiger partial charge in [-0.05, 0) is 45.9 Å². The molecule has 100 valence electrons. The fourth-order valence-corrected chi connectivity index (χ4v) is 2.65. The van der Waals surface area contributed by atoms with Crippen LogP contribution in [0.5, 0.6) is 0 Å². The van der Waals surface area contributed by atoms with Gasteiger partial charge in [0.2, 0.25) is 0 Å². The van der Waals surface area contributed by atoms with Gasteiger partial charge in [-0.15, -0.1) is 0 Å². The number of hydrazine groups is 1. The Kier molecular flexibility index (Phi) is 5.88. The van der Waals surface area contributed by atoms with Crippen LogP contribution in [0, 0.1) is 0 Å². The van der Waals surface area contributed by atoms with Crippen LogP contribution in [0.4, 0.5) is 0 Å². The molecule has 17 heavy (non-hydrogen) atoms. The van der Waals surface area contributed by atoms with E-state index in [1.54, 1.807) is 0 Å². The van der Waals surface area contributed by atoms with Gasteiger partial charge in [0.1, 0.15) is 0 Å². The Morgan fingerprint density at radius 3 is 2.47 bits per heavy atom. The zero-order chi connectivity index (χ0) is 12.8. The lowest BCUT2D eigenvalue weighted by Gasteiger charge is -2.39. The quantitative estimate of drug-likeness (QED) is 0.410. The predicted molar refractivity (Wildman–Crippen MR) is 69.3 cm³/mol. The first kappa shape index (κ1) is 14.4. The summed E-state index contributed by atoms with van der Waals surface area (Å²) in [7, 11) is 2.04. The molecule has 0 aromatic heterocycles. The van der Waals surface area contributed by atoms with Gasteiger partial charge >= 0.3 is 0 Å². The van der Waals surface area contributed by atoms with E-state index < -0.39 is 0 Å². The zero-order valence-electron chi connectivity index (χ0n) is 11.3. The summed E-state index contributed by atoms with van der Waals surface area (Å²) in [4.78, 5) is 16.3. The molecule has 0 aromatic carbocycles. The molecule has 0 saturated carbocycles. The van der Waals surface area contributed by atoms with Crippen molar-refractivity contribution in [3.05, 3.63) is 0 Å². The second-order valence-electron chi connectivity index (χ2n) is 4.76. The molecular formula is C12H26N4O. The third kappa shape index (κ3) is 3.66. The van der Waals surface area contributed by atoms with Crippen molar-refractivity contribution in [2.45, 2.75) is 45.2 Å². The monoisotopic (exact) mass is 242 g/mol. The maximum atomic E-state index is 11.7. The van der Waals surface area contributed by atoms with Crippen molar-refractivity contribution in [2.24, 2.45) is 5.84 Å². The number of hydrogen-bond donors (Lipinski definition) is 2. The summed E-state index contributed by atoms with van der Waals surface area (Å²) in [6.07, 6.45) is 3.07. The number of carbonyl (C=O) groups excluding carboxylic acids is 1. The zero-order valence-corrected chi connectivity index (χ0v) is 11.3. The van der Waals surface area contributed by atoms with E-state index >= 15 is 0 Å². The van der Waals surface area contributed by atoms with Crippen LogP contribution < -0.4 is 11.3 Å². The summed E-state index contributed by atoms with van der Waals surface area (Å²) >= 11 is 0. The van der Waals surface area contributed by atoms with E-state index in [9.17, 15) is 4.79 Å². The van der Waals surface area contributed by atoms with E-state index in [1.165, 1.54) is 0 Å². The van der Waals surface area contributed by atoms with E-state index in [4.69, 9.17) is 5.84 Å². The first-order valence-corrected chi connectivity index (χ1v) is 6.58. The SMILES string of the molecule is CCC(C(=O)NN)N(C)C1CCN(CC)CC1. The van der Waals surface area contributed by atoms with Crippen molar-refractivity contribution in [3.8, 4) is 0 Å². The van der Waals surface area contributed by atoms with Crippen LogP contribution in [0.15, 0.2) is 0 Å². The average Bonchev–Trinajstić information content (AvgIpc) is 2.39. The Hall–Kier alpha value is -0.650. The van der Waals surface area contributed by atoms with Crippen LogP contribution >= 0.6 is 0 Å². The minimum atomic E-state index is -0.0989. The number of hydrogen-bond acceptors (Lipinski definition) is 4. The largest absolute Gasteiger partial charge is 0.303 e. The van der Waals surface area contributed by atoms with Crippen molar-refractivity contribution in [2.75, 3.05) is 26.7 Å². The molecule has 5 heteroatoms. The summed E-state index contributed by atoms with van der Waals surface area (Å²) < 4.78 is 0. The molecule has 0 radical (unpaired) electrons. The average molecular weight is 242 g/mol. The Morgan fingerprint density at radius 2 is 2.06 bits per heavy atom. The number of likely N-dealkylation sites (N-methyl/N-ethyl adjacent to an activating group) is 1. The number of amides is 1. The Labute approximate surface area is 104 Å². The molecule has 0 bridgehead atoms. The molecule has 1 heterocycles. The van der Waals surface area contributed by atoms with Gasteiger partial charge in [0.15, 0.2) is 0 Å². The maximum absolute atomic E-state index is 11.7. The molecular weight excluding hydrogens is 216 g/mol. The lowest BCUT2D eigenvalue weighted by atomic mass is 10.0. The molecule has 0 spiro atoms. The van der Waals surface area contributed by atoms with Crippen molar-refractivity contribution >= 4 is 5.91 Å². The van der Waals surface area contributed by atoms with Gasteiger partial charge in [0.25, 0.3) is 5.91 Å². The van der Waals surface area contributed by atoms with E-state index in [1.807, 2.05) is 14.0 Å². The molecule has 1 fully saturated rings. The summed E-state index contributed by atoms with van der Waals surface area (Å²) in [5.41, 5.74) is 2.26. The second-order valence-corrected chi connectivity index (χ2v) is 4.76. The molecule has 1 unspecified atom stereocenters. The molecule has 0 aromatic rings. The van der Waals surface area contributed by atoms with E-state index in [2.05, 4.69) is 22.1 Å². The third-order valence-electron chi connectivity index (χ3n) is 3.90. The predicted octanol–water partition coefficient (Wildman–Crippen LogP) is 0.171. The summed E-state index contributed by atoms with van der Waals surface area (Å²) in [6.45, 7) is 7.60. The molecule has 3 N–H and O–H groups in total. The van der Waals surface area contributed by atoms with Crippen LogP contribution in [-0.2, 0) is 4.79 Å². The molecule has 5 nitrogen and oxygen atoms in total. The highest BCUT2D eigenvalue weighted by Crippen LogP contribution is 2.18. The highest BCUT2D eigenvalue weighted by molar-refractivity contribution is 5.81. The Bertz CT molecular complexity index is 239. The first-order valence-electron chi connectivity index (χ1n) is 6.58. The smallest absolute Gasteiger partial charge is 0.251 e. The van der Waals surface area contributed by atoms with Crippen molar-refractivity contribution < 1.29 is 4.79 Å².